The number of benzene rings is 3. The lowest BCUT2D eigenvalue weighted by Gasteiger charge is -2.31. The second kappa shape index (κ2) is 11.1. The van der Waals surface area contributed by atoms with E-state index < -0.39 is 0 Å². The van der Waals surface area contributed by atoms with Crippen molar-refractivity contribution >= 4 is 29.1 Å². The molecule has 0 saturated heterocycles. The van der Waals surface area contributed by atoms with Gasteiger partial charge in [-0.1, -0.05) is 131 Å². The summed E-state index contributed by atoms with van der Waals surface area (Å²) in [7, 11) is 0. The van der Waals surface area contributed by atoms with Gasteiger partial charge in [-0.3, -0.25) is 0 Å². The van der Waals surface area contributed by atoms with E-state index in [0.29, 0.717) is 0 Å². The fourth-order valence-electron chi connectivity index (χ4n) is 5.41. The van der Waals surface area contributed by atoms with Gasteiger partial charge in [0.05, 0.1) is 11.6 Å². The molecular weight excluding hydrogens is 550 g/mol. The van der Waals surface area contributed by atoms with Crippen molar-refractivity contribution < 1.29 is 0 Å². The fraction of sp³-hybridized carbons (Fsp3) is 0.487. The lowest BCUT2D eigenvalue weighted by Crippen LogP contribution is -2.20. The van der Waals surface area contributed by atoms with Crippen molar-refractivity contribution in [2.24, 2.45) is 0 Å². The van der Waals surface area contributed by atoms with E-state index in [1.807, 2.05) is 11.8 Å². The predicted octanol–water partition coefficient (Wildman–Crippen LogP) is 12.6. The quantitative estimate of drug-likeness (QED) is 0.294. The van der Waals surface area contributed by atoms with E-state index in [-0.39, 0.29) is 21.7 Å². The van der Waals surface area contributed by atoms with Crippen LogP contribution in [0, 0.1) is 0 Å². The van der Waals surface area contributed by atoms with Crippen LogP contribution in [-0.4, -0.2) is 5.88 Å². The van der Waals surface area contributed by atoms with Crippen LogP contribution in [0.4, 0.5) is 5.69 Å². The second-order valence-electron chi connectivity index (χ2n) is 16.3. The Morgan fingerprint density at radius 1 is 0.548 bits per heavy atom. The van der Waals surface area contributed by atoms with Gasteiger partial charge in [0, 0.05) is 26.8 Å². The van der Waals surface area contributed by atoms with E-state index in [4.69, 9.17) is 11.6 Å². The van der Waals surface area contributed by atoms with E-state index in [1.54, 1.807) is 0 Å². The van der Waals surface area contributed by atoms with Crippen molar-refractivity contribution in [1.82, 2.24) is 0 Å². The van der Waals surface area contributed by atoms with Crippen molar-refractivity contribution in [2.75, 3.05) is 10.8 Å². The maximum absolute atomic E-state index is 7.08. The minimum atomic E-state index is 0.0239. The van der Waals surface area contributed by atoms with Gasteiger partial charge in [0.15, 0.2) is 0 Å². The fourth-order valence-corrected chi connectivity index (χ4v) is 6.60. The molecular formula is C39H52ClNS. The normalized spacial score (nSPS) is 15.2. The number of rotatable bonds is 3. The molecule has 4 rings (SSSR count). The van der Waals surface area contributed by atoms with Crippen LogP contribution in [0.25, 0.3) is 22.3 Å². The van der Waals surface area contributed by atoms with Crippen molar-refractivity contribution in [1.29, 1.82) is 0 Å². The first kappa shape index (κ1) is 32.7. The molecule has 0 aliphatic carbocycles. The average Bonchev–Trinajstić information content (AvgIpc) is 3.18. The third-order valence-corrected chi connectivity index (χ3v) is 9.96. The summed E-state index contributed by atoms with van der Waals surface area (Å²) in [6.45, 7) is 32.2. The predicted molar refractivity (Wildman–Crippen MR) is 190 cm³/mol. The summed E-state index contributed by atoms with van der Waals surface area (Å²) in [6.07, 6.45) is 0. The Kier molecular flexibility index (Phi) is 8.64. The number of anilines is 1. The molecule has 0 spiro atoms. The third-order valence-electron chi connectivity index (χ3n) is 8.62. The molecule has 0 atom stereocenters. The average molecular weight is 602 g/mol. The van der Waals surface area contributed by atoms with Crippen molar-refractivity contribution in [3.8, 4) is 22.3 Å². The molecule has 3 aromatic carbocycles. The molecule has 3 aromatic rings. The number of thioether (sulfide) groups is 1. The van der Waals surface area contributed by atoms with Crippen molar-refractivity contribution in [3.05, 3.63) is 86.4 Å². The van der Waals surface area contributed by atoms with Crippen LogP contribution in [0.1, 0.15) is 119 Å². The van der Waals surface area contributed by atoms with Crippen LogP contribution >= 0.6 is 23.4 Å². The number of halogens is 1. The van der Waals surface area contributed by atoms with Gasteiger partial charge in [0.2, 0.25) is 0 Å². The van der Waals surface area contributed by atoms with Gasteiger partial charge in [-0.15, -0.1) is 11.8 Å². The molecule has 0 bridgehead atoms. The van der Waals surface area contributed by atoms with E-state index >= 15 is 0 Å². The van der Waals surface area contributed by atoms with Gasteiger partial charge in [-0.25, -0.2) is 0 Å². The van der Waals surface area contributed by atoms with E-state index in [0.717, 1.165) is 10.9 Å². The molecule has 226 valence electrons. The standard InChI is InChI=1S/C39H52ClNS/c1-24-25(2)42-23-41(24)35-33(26-15-28(36(3,4)5)19-29(16-26)37(6,7)8)21-32(40)22-34(35)27-17-30(38(9,10)11)20-31(18-27)39(12,13)14/h15-22H,23H2,1-14H3. The Bertz CT molecular complexity index is 1370. The Morgan fingerprint density at radius 3 is 1.14 bits per heavy atom. The highest BCUT2D eigenvalue weighted by atomic mass is 35.5. The Balaban J connectivity index is 2.16. The van der Waals surface area contributed by atoms with Gasteiger partial charge in [-0.05, 0) is 81.0 Å². The molecule has 1 nitrogen and oxygen atoms in total. The first-order valence-electron chi connectivity index (χ1n) is 15.3. The molecule has 0 fully saturated rings. The maximum Gasteiger partial charge on any atom is 0.0729 e. The third kappa shape index (κ3) is 6.81. The van der Waals surface area contributed by atoms with Gasteiger partial charge in [-0.2, -0.15) is 0 Å². The van der Waals surface area contributed by atoms with Crippen LogP contribution < -0.4 is 4.90 Å². The van der Waals surface area contributed by atoms with Gasteiger partial charge >= 0.3 is 0 Å². The van der Waals surface area contributed by atoms with Crippen molar-refractivity contribution in [3.63, 3.8) is 0 Å². The van der Waals surface area contributed by atoms with Crippen LogP contribution in [0.5, 0.6) is 0 Å². The molecule has 0 aromatic heterocycles. The Labute approximate surface area is 266 Å². The number of hydrogen-bond donors (Lipinski definition) is 0. The summed E-state index contributed by atoms with van der Waals surface area (Å²) < 4.78 is 0. The molecule has 3 heteroatoms. The zero-order valence-corrected chi connectivity index (χ0v) is 30.1. The highest BCUT2D eigenvalue weighted by molar-refractivity contribution is 8.03. The Hall–Kier alpha value is -2.16. The SMILES string of the molecule is CC1=C(C)N(c2c(-c3cc(C(C)(C)C)cc(C(C)(C)C)c3)cc(Cl)cc2-c2cc(C(C)(C)C)cc(C(C)(C)C)c2)CS1. The molecule has 1 aliphatic heterocycles. The van der Waals surface area contributed by atoms with Crippen LogP contribution in [-0.2, 0) is 21.7 Å². The topological polar surface area (TPSA) is 3.24 Å². The highest BCUT2D eigenvalue weighted by Gasteiger charge is 2.29. The summed E-state index contributed by atoms with van der Waals surface area (Å²) in [5.74, 6) is 0.898. The number of hydrogen-bond acceptors (Lipinski definition) is 2. The summed E-state index contributed by atoms with van der Waals surface area (Å²) in [6, 6.07) is 18.8. The summed E-state index contributed by atoms with van der Waals surface area (Å²) >= 11 is 9.00. The second-order valence-corrected chi connectivity index (χ2v) is 17.9. The minimum absolute atomic E-state index is 0.0239. The summed E-state index contributed by atoms with van der Waals surface area (Å²) in [5.41, 5.74) is 12.9. The largest absolute Gasteiger partial charge is 0.334 e. The van der Waals surface area contributed by atoms with Crippen LogP contribution in [0.2, 0.25) is 5.02 Å². The minimum Gasteiger partial charge on any atom is -0.334 e. The lowest BCUT2D eigenvalue weighted by molar-refractivity contribution is 0.568. The molecule has 1 heterocycles. The zero-order chi connectivity index (χ0) is 31.6. The van der Waals surface area contributed by atoms with E-state index in [1.165, 1.54) is 60.8 Å². The lowest BCUT2D eigenvalue weighted by atomic mass is 9.77. The Morgan fingerprint density at radius 2 is 0.881 bits per heavy atom. The first-order valence-corrected chi connectivity index (χ1v) is 16.7. The van der Waals surface area contributed by atoms with Gasteiger partial charge < -0.3 is 4.90 Å². The van der Waals surface area contributed by atoms with E-state index in [9.17, 15) is 0 Å². The summed E-state index contributed by atoms with van der Waals surface area (Å²) in [4.78, 5) is 3.89. The summed E-state index contributed by atoms with van der Waals surface area (Å²) in [5, 5.41) is 0.769. The van der Waals surface area contributed by atoms with Crippen LogP contribution in [0.15, 0.2) is 59.1 Å². The van der Waals surface area contributed by atoms with E-state index in [2.05, 4.69) is 150 Å². The highest BCUT2D eigenvalue weighted by Crippen LogP contribution is 2.49. The first-order chi connectivity index (χ1) is 19.1. The smallest absolute Gasteiger partial charge is 0.0729 e. The molecule has 42 heavy (non-hydrogen) atoms. The van der Waals surface area contributed by atoms with Crippen LogP contribution in [0.3, 0.4) is 0 Å². The van der Waals surface area contributed by atoms with Crippen molar-refractivity contribution in [2.45, 2.75) is 119 Å². The number of allylic oxidation sites excluding steroid dienone is 2. The maximum atomic E-state index is 7.08. The molecule has 1 aliphatic rings. The molecule has 0 saturated carbocycles. The number of nitrogens with zero attached hydrogens (tertiary/aromatic N) is 1. The molecule has 0 amide bonds. The van der Waals surface area contributed by atoms with Gasteiger partial charge in [0.1, 0.15) is 0 Å². The molecule has 0 N–H and O–H groups in total. The monoisotopic (exact) mass is 601 g/mol. The molecule has 0 unspecified atom stereocenters. The van der Waals surface area contributed by atoms with Gasteiger partial charge in [0.25, 0.3) is 0 Å². The zero-order valence-electron chi connectivity index (χ0n) is 28.6. The molecule has 0 radical (unpaired) electrons.